The molecule has 3 rings (SSSR count). The summed E-state index contributed by atoms with van der Waals surface area (Å²) in [5.74, 6) is -1.15. The maximum Gasteiger partial charge on any atom is 0.421 e. The van der Waals surface area contributed by atoms with Crippen LogP contribution in [0.5, 0.6) is 0 Å². The molecule has 1 saturated carbocycles. The number of benzene rings is 1. The molecule has 2 amide bonds. The Hall–Kier alpha value is -1.62. The number of nitrogens with zero attached hydrogens (tertiary/aromatic N) is 1. The van der Waals surface area contributed by atoms with Gasteiger partial charge in [0, 0.05) is 5.38 Å². The molecule has 1 saturated heterocycles. The van der Waals surface area contributed by atoms with Gasteiger partial charge in [-0.05, 0) is 43.5 Å². The molecule has 106 valence electrons. The fourth-order valence-corrected chi connectivity index (χ4v) is 3.07. The lowest BCUT2D eigenvalue weighted by atomic mass is 9.84. The van der Waals surface area contributed by atoms with Crippen molar-refractivity contribution in [1.82, 2.24) is 0 Å². The second kappa shape index (κ2) is 5.05. The first kappa shape index (κ1) is 13.4. The van der Waals surface area contributed by atoms with Crippen molar-refractivity contribution >= 4 is 29.3 Å². The second-order valence-electron chi connectivity index (χ2n) is 5.09. The Balaban J connectivity index is 1.89. The highest BCUT2D eigenvalue weighted by Crippen LogP contribution is 2.36. The zero-order valence-electron chi connectivity index (χ0n) is 10.6. The summed E-state index contributed by atoms with van der Waals surface area (Å²) < 4.78 is 18.3. The van der Waals surface area contributed by atoms with E-state index in [1.165, 1.54) is 24.3 Å². The van der Waals surface area contributed by atoms with Crippen LogP contribution in [-0.2, 0) is 9.53 Å². The van der Waals surface area contributed by atoms with E-state index in [2.05, 4.69) is 0 Å². The van der Waals surface area contributed by atoms with Crippen molar-refractivity contribution < 1.29 is 18.7 Å². The molecule has 0 spiro atoms. The van der Waals surface area contributed by atoms with Crippen molar-refractivity contribution in [3.8, 4) is 0 Å². The number of alkyl halides is 1. The van der Waals surface area contributed by atoms with Gasteiger partial charge in [0.1, 0.15) is 11.9 Å². The van der Waals surface area contributed by atoms with Gasteiger partial charge in [-0.25, -0.2) is 14.1 Å². The molecule has 1 heterocycles. The summed E-state index contributed by atoms with van der Waals surface area (Å²) in [7, 11) is 0. The highest BCUT2D eigenvalue weighted by atomic mass is 35.5. The molecule has 1 aliphatic carbocycles. The lowest BCUT2D eigenvalue weighted by molar-refractivity contribution is -0.130. The Bertz CT molecular complexity index is 548. The Labute approximate surface area is 120 Å². The summed E-state index contributed by atoms with van der Waals surface area (Å²) in [5.41, 5.74) is 0.316. The average molecular weight is 298 g/mol. The van der Waals surface area contributed by atoms with Gasteiger partial charge in [0.05, 0.1) is 11.6 Å². The van der Waals surface area contributed by atoms with Crippen LogP contribution in [0.2, 0.25) is 0 Å². The lowest BCUT2D eigenvalue weighted by Crippen LogP contribution is -2.54. The Morgan fingerprint density at radius 3 is 2.60 bits per heavy atom. The minimum absolute atomic E-state index is 0.0768. The van der Waals surface area contributed by atoms with Crippen molar-refractivity contribution in [3.05, 3.63) is 30.1 Å². The molecular weight excluding hydrogens is 285 g/mol. The molecule has 1 aromatic rings. The summed E-state index contributed by atoms with van der Waals surface area (Å²) in [6.45, 7) is 0. The predicted octanol–water partition coefficient (Wildman–Crippen LogP) is 3.09. The molecule has 1 aromatic carbocycles. The van der Waals surface area contributed by atoms with Gasteiger partial charge >= 0.3 is 6.09 Å². The van der Waals surface area contributed by atoms with E-state index < -0.39 is 17.8 Å². The maximum atomic E-state index is 12.9. The van der Waals surface area contributed by atoms with Crippen LogP contribution in [0.1, 0.15) is 19.3 Å². The van der Waals surface area contributed by atoms with E-state index in [1.807, 2.05) is 0 Å². The summed E-state index contributed by atoms with van der Waals surface area (Å²) in [5, 5.41) is -0.0768. The first-order chi connectivity index (χ1) is 9.56. The Morgan fingerprint density at radius 1 is 1.20 bits per heavy atom. The van der Waals surface area contributed by atoms with Gasteiger partial charge in [-0.1, -0.05) is 0 Å². The number of carbonyl (C=O) groups excluding carboxylic acids is 2. The third kappa shape index (κ3) is 2.26. The summed E-state index contributed by atoms with van der Waals surface area (Å²) in [6.07, 6.45) is 0.751. The number of hydrogen-bond acceptors (Lipinski definition) is 3. The quantitative estimate of drug-likeness (QED) is 0.748. The molecule has 2 fully saturated rings. The minimum atomic E-state index is -0.698. The van der Waals surface area contributed by atoms with Crippen LogP contribution in [-0.4, -0.2) is 23.5 Å². The zero-order chi connectivity index (χ0) is 14.3. The largest absolute Gasteiger partial charge is 0.445 e. The standard InChI is InChI=1S/C14H13ClFNO3/c15-8-1-6-12-11(7-8)13(18)17(14(19)20-12)10-4-2-9(16)3-5-10/h2-5,8,11-12H,1,6-7H2. The molecule has 0 radical (unpaired) electrons. The number of ether oxygens (including phenoxy) is 1. The summed E-state index contributed by atoms with van der Waals surface area (Å²) in [6, 6.07) is 5.17. The number of hydrogen-bond donors (Lipinski definition) is 0. The van der Waals surface area contributed by atoms with Gasteiger partial charge in [-0.2, -0.15) is 0 Å². The van der Waals surface area contributed by atoms with Crippen molar-refractivity contribution in [2.24, 2.45) is 5.92 Å². The molecule has 0 bridgehead atoms. The van der Waals surface area contributed by atoms with Gasteiger partial charge in [0.2, 0.25) is 5.91 Å². The molecule has 20 heavy (non-hydrogen) atoms. The van der Waals surface area contributed by atoms with Crippen LogP contribution >= 0.6 is 11.6 Å². The molecular formula is C14H13ClFNO3. The van der Waals surface area contributed by atoms with E-state index in [9.17, 15) is 14.0 Å². The van der Waals surface area contributed by atoms with Gasteiger partial charge in [-0.15, -0.1) is 11.6 Å². The minimum Gasteiger partial charge on any atom is -0.445 e. The number of amides is 2. The van der Waals surface area contributed by atoms with Crippen LogP contribution < -0.4 is 4.90 Å². The average Bonchev–Trinajstić information content (AvgIpc) is 2.42. The highest BCUT2D eigenvalue weighted by molar-refractivity contribution is 6.21. The van der Waals surface area contributed by atoms with E-state index in [0.29, 0.717) is 18.5 Å². The number of halogens is 2. The van der Waals surface area contributed by atoms with Crippen molar-refractivity contribution in [2.75, 3.05) is 4.90 Å². The highest BCUT2D eigenvalue weighted by Gasteiger charge is 2.46. The molecule has 0 N–H and O–H groups in total. The first-order valence-corrected chi connectivity index (χ1v) is 6.94. The summed E-state index contributed by atoms with van der Waals surface area (Å²) in [4.78, 5) is 25.4. The van der Waals surface area contributed by atoms with Crippen molar-refractivity contribution in [3.63, 3.8) is 0 Å². The molecule has 3 unspecified atom stereocenters. The predicted molar refractivity (Wildman–Crippen MR) is 71.1 cm³/mol. The number of rotatable bonds is 1. The van der Waals surface area contributed by atoms with E-state index in [1.54, 1.807) is 0 Å². The van der Waals surface area contributed by atoms with Gasteiger partial charge in [-0.3, -0.25) is 4.79 Å². The Kier molecular flexibility index (Phi) is 3.38. The fraction of sp³-hybridized carbons (Fsp3) is 0.429. The zero-order valence-corrected chi connectivity index (χ0v) is 11.3. The van der Waals surface area contributed by atoms with Crippen LogP contribution in [0.25, 0.3) is 0 Å². The van der Waals surface area contributed by atoms with Crippen molar-refractivity contribution in [1.29, 1.82) is 0 Å². The van der Waals surface area contributed by atoms with Crippen molar-refractivity contribution in [2.45, 2.75) is 30.7 Å². The summed E-state index contributed by atoms with van der Waals surface area (Å²) >= 11 is 6.09. The number of imide groups is 1. The fourth-order valence-electron chi connectivity index (χ4n) is 2.75. The van der Waals surface area contributed by atoms with Gasteiger partial charge in [0.15, 0.2) is 0 Å². The van der Waals surface area contributed by atoms with Crippen LogP contribution in [0, 0.1) is 11.7 Å². The maximum absolute atomic E-state index is 12.9. The lowest BCUT2D eigenvalue weighted by Gasteiger charge is -2.39. The van der Waals surface area contributed by atoms with Gasteiger partial charge < -0.3 is 4.74 Å². The normalized spacial score (nSPS) is 29.9. The second-order valence-corrected chi connectivity index (χ2v) is 5.71. The van der Waals surface area contributed by atoms with Crippen LogP contribution in [0.4, 0.5) is 14.9 Å². The molecule has 4 nitrogen and oxygen atoms in total. The number of fused-ring (bicyclic) bond motifs is 1. The molecule has 2 aliphatic rings. The van der Waals surface area contributed by atoms with E-state index in [4.69, 9.17) is 16.3 Å². The number of carbonyl (C=O) groups is 2. The topological polar surface area (TPSA) is 46.6 Å². The smallest absolute Gasteiger partial charge is 0.421 e. The third-order valence-electron chi connectivity index (χ3n) is 3.78. The third-order valence-corrected chi connectivity index (χ3v) is 4.18. The van der Waals surface area contributed by atoms with Gasteiger partial charge in [0.25, 0.3) is 0 Å². The molecule has 3 atom stereocenters. The van der Waals surface area contributed by atoms with E-state index in [0.717, 1.165) is 11.3 Å². The first-order valence-electron chi connectivity index (χ1n) is 6.50. The van der Waals surface area contributed by atoms with E-state index in [-0.39, 0.29) is 17.4 Å². The Morgan fingerprint density at radius 2 is 1.90 bits per heavy atom. The molecule has 0 aromatic heterocycles. The molecule has 1 aliphatic heterocycles. The SMILES string of the molecule is O=C1OC2CCC(Cl)CC2C(=O)N1c1ccc(F)cc1. The van der Waals surface area contributed by atoms with E-state index >= 15 is 0 Å². The molecule has 6 heteroatoms. The number of anilines is 1. The van der Waals surface area contributed by atoms with Crippen LogP contribution in [0.15, 0.2) is 24.3 Å². The van der Waals surface area contributed by atoms with Crippen LogP contribution in [0.3, 0.4) is 0 Å². The monoisotopic (exact) mass is 297 g/mol.